The standard InChI is InChI=1S/C15H20N2O4/c1-3-20-14(18)7-9(2)6-11(16)10-4-5-12-13(8-10)21-15(19)17-12/h4-5,8-9,11H,3,6-7,16H2,1-2H3,(H,17,19). The molecule has 2 rings (SSSR count). The number of H-pyrrole nitrogens is 1. The largest absolute Gasteiger partial charge is 0.466 e. The van der Waals surface area contributed by atoms with E-state index in [1.807, 2.05) is 13.0 Å². The van der Waals surface area contributed by atoms with Gasteiger partial charge >= 0.3 is 11.7 Å². The molecule has 6 nitrogen and oxygen atoms in total. The third-order valence-corrected chi connectivity index (χ3v) is 3.35. The number of nitrogens with two attached hydrogens (primary N) is 1. The monoisotopic (exact) mass is 292 g/mol. The lowest BCUT2D eigenvalue weighted by Gasteiger charge is -2.17. The smallest absolute Gasteiger partial charge is 0.417 e. The number of aromatic nitrogens is 1. The summed E-state index contributed by atoms with van der Waals surface area (Å²) in [5.74, 6) is -0.566. The van der Waals surface area contributed by atoms with E-state index < -0.39 is 5.76 Å². The van der Waals surface area contributed by atoms with Crippen molar-refractivity contribution in [1.29, 1.82) is 0 Å². The second-order valence-corrected chi connectivity index (χ2v) is 5.23. The van der Waals surface area contributed by atoms with E-state index in [9.17, 15) is 9.59 Å². The van der Waals surface area contributed by atoms with Gasteiger partial charge in [-0.05, 0) is 37.0 Å². The number of aromatic amines is 1. The molecule has 1 heterocycles. The second-order valence-electron chi connectivity index (χ2n) is 5.23. The number of fused-ring (bicyclic) bond motifs is 1. The van der Waals surface area contributed by atoms with E-state index in [0.29, 0.717) is 30.5 Å². The van der Waals surface area contributed by atoms with Crippen LogP contribution in [0, 0.1) is 5.92 Å². The molecular formula is C15H20N2O4. The Morgan fingerprint density at radius 3 is 2.95 bits per heavy atom. The molecule has 2 aromatic rings. The zero-order chi connectivity index (χ0) is 15.4. The van der Waals surface area contributed by atoms with Crippen LogP contribution < -0.4 is 11.5 Å². The van der Waals surface area contributed by atoms with Crippen LogP contribution in [0.25, 0.3) is 11.1 Å². The summed E-state index contributed by atoms with van der Waals surface area (Å²) in [7, 11) is 0. The predicted molar refractivity (Wildman–Crippen MR) is 78.8 cm³/mol. The maximum absolute atomic E-state index is 11.4. The lowest BCUT2D eigenvalue weighted by molar-refractivity contribution is -0.144. The molecule has 6 heteroatoms. The van der Waals surface area contributed by atoms with Crippen LogP contribution in [0.15, 0.2) is 27.4 Å². The van der Waals surface area contributed by atoms with Crippen molar-refractivity contribution in [3.8, 4) is 0 Å². The molecule has 1 aromatic carbocycles. The Hall–Kier alpha value is -2.08. The highest BCUT2D eigenvalue weighted by atomic mass is 16.5. The first-order valence-corrected chi connectivity index (χ1v) is 7.03. The third kappa shape index (κ3) is 3.95. The van der Waals surface area contributed by atoms with E-state index in [4.69, 9.17) is 14.9 Å². The summed E-state index contributed by atoms with van der Waals surface area (Å²) < 4.78 is 9.95. The number of esters is 1. The fourth-order valence-electron chi connectivity index (χ4n) is 2.35. The number of carbonyl (C=O) groups is 1. The van der Waals surface area contributed by atoms with Crippen LogP contribution in [0.5, 0.6) is 0 Å². The van der Waals surface area contributed by atoms with Crippen LogP contribution in [0.1, 0.15) is 38.3 Å². The van der Waals surface area contributed by atoms with Crippen LogP contribution >= 0.6 is 0 Å². The fraction of sp³-hybridized carbons (Fsp3) is 0.467. The molecular weight excluding hydrogens is 272 g/mol. The molecule has 2 unspecified atom stereocenters. The SMILES string of the molecule is CCOC(=O)CC(C)CC(N)c1ccc2[nH]c(=O)oc2c1. The Kier molecular flexibility index (Phi) is 4.80. The van der Waals surface area contributed by atoms with Gasteiger partial charge in [-0.25, -0.2) is 4.79 Å². The van der Waals surface area contributed by atoms with Crippen molar-refractivity contribution in [2.45, 2.75) is 32.7 Å². The van der Waals surface area contributed by atoms with Crippen molar-refractivity contribution in [2.24, 2.45) is 11.7 Å². The van der Waals surface area contributed by atoms with E-state index in [0.717, 1.165) is 5.56 Å². The van der Waals surface area contributed by atoms with Gasteiger partial charge in [0.1, 0.15) is 0 Å². The Balaban J connectivity index is 2.02. The molecule has 3 N–H and O–H groups in total. The van der Waals surface area contributed by atoms with Gasteiger partial charge in [0.05, 0.1) is 12.1 Å². The van der Waals surface area contributed by atoms with Gasteiger partial charge in [-0.2, -0.15) is 0 Å². The molecule has 114 valence electrons. The normalized spacial score (nSPS) is 14.0. The molecule has 0 fully saturated rings. The van der Waals surface area contributed by atoms with Crippen molar-refractivity contribution in [2.75, 3.05) is 6.61 Å². The van der Waals surface area contributed by atoms with Gasteiger partial charge in [0.2, 0.25) is 0 Å². The van der Waals surface area contributed by atoms with E-state index in [1.165, 1.54) is 0 Å². The molecule has 21 heavy (non-hydrogen) atoms. The van der Waals surface area contributed by atoms with Crippen molar-refractivity contribution in [1.82, 2.24) is 4.98 Å². The molecule has 0 saturated carbocycles. The summed E-state index contributed by atoms with van der Waals surface area (Å²) in [4.78, 5) is 25.1. The molecule has 0 amide bonds. The second kappa shape index (κ2) is 6.58. The van der Waals surface area contributed by atoms with Gasteiger partial charge in [0.15, 0.2) is 5.58 Å². The molecule has 0 bridgehead atoms. The number of rotatable bonds is 6. The van der Waals surface area contributed by atoms with Gasteiger partial charge in [0, 0.05) is 12.5 Å². The van der Waals surface area contributed by atoms with Crippen LogP contribution in [0.3, 0.4) is 0 Å². The summed E-state index contributed by atoms with van der Waals surface area (Å²) in [6, 6.07) is 5.16. The van der Waals surface area contributed by atoms with Crippen LogP contribution in [-0.2, 0) is 9.53 Å². The Morgan fingerprint density at radius 2 is 2.24 bits per heavy atom. The number of carbonyl (C=O) groups excluding carboxylic acids is 1. The summed E-state index contributed by atoms with van der Waals surface area (Å²) in [6.07, 6.45) is 1.00. The van der Waals surface area contributed by atoms with Crippen LogP contribution in [-0.4, -0.2) is 17.6 Å². The van der Waals surface area contributed by atoms with Crippen molar-refractivity contribution in [3.05, 3.63) is 34.3 Å². The third-order valence-electron chi connectivity index (χ3n) is 3.35. The number of benzene rings is 1. The molecule has 0 aliphatic heterocycles. The minimum absolute atomic E-state index is 0.118. The van der Waals surface area contributed by atoms with Gasteiger partial charge in [-0.3, -0.25) is 9.78 Å². The number of nitrogens with one attached hydrogen (secondary N) is 1. The number of oxazole rings is 1. The molecule has 2 atom stereocenters. The summed E-state index contributed by atoms with van der Waals surface area (Å²) in [5.41, 5.74) is 8.18. The van der Waals surface area contributed by atoms with Crippen LogP contribution in [0.4, 0.5) is 0 Å². The summed E-state index contributed by atoms with van der Waals surface area (Å²) in [6.45, 7) is 4.14. The minimum atomic E-state index is -0.480. The Labute approximate surface area is 122 Å². The van der Waals surface area contributed by atoms with E-state index >= 15 is 0 Å². The van der Waals surface area contributed by atoms with Gasteiger partial charge in [0.25, 0.3) is 0 Å². The highest BCUT2D eigenvalue weighted by Crippen LogP contribution is 2.23. The molecule has 0 saturated heterocycles. The topological polar surface area (TPSA) is 98.3 Å². The quantitative estimate of drug-likeness (QED) is 0.794. The van der Waals surface area contributed by atoms with Crippen LogP contribution in [0.2, 0.25) is 0 Å². The average Bonchev–Trinajstić information content (AvgIpc) is 2.77. The zero-order valence-corrected chi connectivity index (χ0v) is 12.2. The van der Waals surface area contributed by atoms with Gasteiger partial charge in [-0.15, -0.1) is 0 Å². The Bertz CT molecular complexity index is 674. The first-order valence-electron chi connectivity index (χ1n) is 7.03. The highest BCUT2D eigenvalue weighted by Gasteiger charge is 2.16. The van der Waals surface area contributed by atoms with E-state index in [2.05, 4.69) is 4.98 Å². The van der Waals surface area contributed by atoms with Crippen molar-refractivity contribution in [3.63, 3.8) is 0 Å². The van der Waals surface area contributed by atoms with Crippen molar-refractivity contribution < 1.29 is 13.9 Å². The lowest BCUT2D eigenvalue weighted by Crippen LogP contribution is -2.17. The van der Waals surface area contributed by atoms with Gasteiger partial charge in [-0.1, -0.05) is 13.0 Å². The zero-order valence-electron chi connectivity index (χ0n) is 12.2. The first-order chi connectivity index (χ1) is 9.99. The number of ether oxygens (including phenoxy) is 1. The average molecular weight is 292 g/mol. The molecule has 0 aliphatic carbocycles. The highest BCUT2D eigenvalue weighted by molar-refractivity contribution is 5.73. The maximum atomic E-state index is 11.4. The van der Waals surface area contributed by atoms with Gasteiger partial charge < -0.3 is 14.9 Å². The first kappa shape index (κ1) is 15.3. The fourth-order valence-corrected chi connectivity index (χ4v) is 2.35. The molecule has 0 spiro atoms. The van der Waals surface area contributed by atoms with E-state index in [1.54, 1.807) is 19.1 Å². The minimum Gasteiger partial charge on any atom is -0.466 e. The molecule has 0 aliphatic rings. The lowest BCUT2D eigenvalue weighted by atomic mass is 9.94. The van der Waals surface area contributed by atoms with Crippen molar-refractivity contribution >= 4 is 17.1 Å². The predicted octanol–water partition coefficient (Wildman–Crippen LogP) is 2.10. The molecule has 1 aromatic heterocycles. The number of hydrogen-bond donors (Lipinski definition) is 2. The Morgan fingerprint density at radius 1 is 1.48 bits per heavy atom. The number of hydrogen-bond acceptors (Lipinski definition) is 5. The molecule has 0 radical (unpaired) electrons. The van der Waals surface area contributed by atoms with E-state index in [-0.39, 0.29) is 17.9 Å². The summed E-state index contributed by atoms with van der Waals surface area (Å²) in [5, 5.41) is 0. The maximum Gasteiger partial charge on any atom is 0.417 e. The summed E-state index contributed by atoms with van der Waals surface area (Å²) >= 11 is 0.